The molecule has 5 heteroatoms. The second-order valence-corrected chi connectivity index (χ2v) is 5.95. The third kappa shape index (κ3) is 3.42. The first-order chi connectivity index (χ1) is 9.90. The number of imidazole rings is 1. The quantitative estimate of drug-likeness (QED) is 0.915. The molecule has 1 heterocycles. The second kappa shape index (κ2) is 6.26. The largest absolute Gasteiger partial charge is 0.351 e. The molecule has 0 spiro atoms. The third-order valence-corrected chi connectivity index (χ3v) is 3.54. The maximum Gasteiger partial charge on any atom is 0.251 e. The Labute approximate surface area is 126 Å². The van der Waals surface area contributed by atoms with E-state index >= 15 is 0 Å². The van der Waals surface area contributed by atoms with E-state index in [1.54, 1.807) is 0 Å². The Bertz CT molecular complexity index is 643. The van der Waals surface area contributed by atoms with Crippen LogP contribution in [0, 0.1) is 0 Å². The van der Waals surface area contributed by atoms with Crippen LogP contribution in [0.1, 0.15) is 35.9 Å². The lowest BCUT2D eigenvalue weighted by Gasteiger charge is -2.10. The van der Waals surface area contributed by atoms with E-state index in [1.807, 2.05) is 44.2 Å². The zero-order chi connectivity index (χ0) is 15.6. The molecule has 1 aromatic heterocycles. The van der Waals surface area contributed by atoms with Gasteiger partial charge in [0.2, 0.25) is 0 Å². The molecule has 0 fully saturated rings. The van der Waals surface area contributed by atoms with E-state index in [0.717, 1.165) is 23.4 Å². The van der Waals surface area contributed by atoms with Gasteiger partial charge >= 0.3 is 0 Å². The maximum absolute atomic E-state index is 12.1. The fourth-order valence-corrected chi connectivity index (χ4v) is 2.37. The summed E-state index contributed by atoms with van der Waals surface area (Å²) in [5.74, 6) is 1.35. The molecule has 0 saturated carbocycles. The van der Waals surface area contributed by atoms with Crippen molar-refractivity contribution in [2.24, 2.45) is 7.05 Å². The van der Waals surface area contributed by atoms with E-state index in [2.05, 4.69) is 28.7 Å². The van der Waals surface area contributed by atoms with Gasteiger partial charge in [-0.05, 0) is 32.3 Å². The number of rotatable bonds is 5. The van der Waals surface area contributed by atoms with Crippen LogP contribution in [-0.4, -0.2) is 47.5 Å². The standard InChI is InChI=1S/C16H24N4O/c1-11(2)15-18-13-10-12(6-7-14(13)20(15)5)16(21)17-8-9-19(3)4/h6-7,10-11H,8-9H2,1-5H3,(H,17,21). The summed E-state index contributed by atoms with van der Waals surface area (Å²) in [6, 6.07) is 5.69. The van der Waals surface area contributed by atoms with Crippen molar-refractivity contribution in [3.05, 3.63) is 29.6 Å². The van der Waals surface area contributed by atoms with Gasteiger partial charge < -0.3 is 14.8 Å². The molecule has 0 aliphatic carbocycles. The van der Waals surface area contributed by atoms with Crippen LogP contribution in [0.5, 0.6) is 0 Å². The minimum atomic E-state index is -0.0458. The summed E-state index contributed by atoms with van der Waals surface area (Å²) >= 11 is 0. The second-order valence-electron chi connectivity index (χ2n) is 5.95. The van der Waals surface area contributed by atoms with Crippen LogP contribution in [0.3, 0.4) is 0 Å². The van der Waals surface area contributed by atoms with Crippen LogP contribution in [0.4, 0.5) is 0 Å². The molecule has 0 aliphatic heterocycles. The summed E-state index contributed by atoms with van der Waals surface area (Å²) in [6.07, 6.45) is 0. The van der Waals surface area contributed by atoms with Crippen molar-refractivity contribution in [2.45, 2.75) is 19.8 Å². The number of fused-ring (bicyclic) bond motifs is 1. The average molecular weight is 288 g/mol. The first-order valence-electron chi connectivity index (χ1n) is 7.29. The van der Waals surface area contributed by atoms with Gasteiger partial charge in [0, 0.05) is 31.6 Å². The van der Waals surface area contributed by atoms with E-state index in [0.29, 0.717) is 18.0 Å². The van der Waals surface area contributed by atoms with Gasteiger partial charge in [0.25, 0.3) is 5.91 Å². The van der Waals surface area contributed by atoms with Gasteiger partial charge in [0.05, 0.1) is 11.0 Å². The predicted molar refractivity (Wildman–Crippen MR) is 85.7 cm³/mol. The minimum Gasteiger partial charge on any atom is -0.351 e. The number of hydrogen-bond donors (Lipinski definition) is 1. The fourth-order valence-electron chi connectivity index (χ4n) is 2.37. The number of aromatic nitrogens is 2. The van der Waals surface area contributed by atoms with E-state index in [-0.39, 0.29) is 5.91 Å². The Kier molecular flexibility index (Phi) is 4.63. The van der Waals surface area contributed by atoms with Crippen molar-refractivity contribution in [3.8, 4) is 0 Å². The summed E-state index contributed by atoms with van der Waals surface area (Å²) in [4.78, 5) is 18.8. The number of benzene rings is 1. The summed E-state index contributed by atoms with van der Waals surface area (Å²) in [5, 5.41) is 2.92. The van der Waals surface area contributed by atoms with E-state index in [1.165, 1.54) is 0 Å². The van der Waals surface area contributed by atoms with Gasteiger partial charge in [-0.3, -0.25) is 4.79 Å². The molecule has 1 amide bonds. The lowest BCUT2D eigenvalue weighted by Crippen LogP contribution is -2.31. The molecule has 21 heavy (non-hydrogen) atoms. The molecular weight excluding hydrogens is 264 g/mol. The maximum atomic E-state index is 12.1. The van der Waals surface area contributed by atoms with Gasteiger partial charge in [-0.25, -0.2) is 4.98 Å². The first kappa shape index (κ1) is 15.5. The molecule has 2 rings (SSSR count). The molecule has 2 aromatic rings. The smallest absolute Gasteiger partial charge is 0.251 e. The van der Waals surface area contributed by atoms with E-state index in [9.17, 15) is 4.79 Å². The molecule has 1 N–H and O–H groups in total. The lowest BCUT2D eigenvalue weighted by molar-refractivity contribution is 0.0951. The number of likely N-dealkylation sites (N-methyl/N-ethyl adjacent to an activating group) is 1. The van der Waals surface area contributed by atoms with Crippen LogP contribution in [0.15, 0.2) is 18.2 Å². The van der Waals surface area contributed by atoms with Crippen LogP contribution >= 0.6 is 0 Å². The Hall–Kier alpha value is -1.88. The lowest BCUT2D eigenvalue weighted by atomic mass is 10.2. The number of nitrogens with one attached hydrogen (secondary N) is 1. The fraction of sp³-hybridized carbons (Fsp3) is 0.500. The summed E-state index contributed by atoms with van der Waals surface area (Å²) in [5.41, 5.74) is 2.60. The van der Waals surface area contributed by atoms with E-state index in [4.69, 9.17) is 0 Å². The third-order valence-electron chi connectivity index (χ3n) is 3.54. The van der Waals surface area contributed by atoms with Crippen LogP contribution in [0.25, 0.3) is 11.0 Å². The highest BCUT2D eigenvalue weighted by molar-refractivity contribution is 5.97. The molecule has 114 valence electrons. The normalized spacial score (nSPS) is 11.6. The van der Waals surface area contributed by atoms with Gasteiger partial charge in [0.1, 0.15) is 5.82 Å². The van der Waals surface area contributed by atoms with Crippen molar-refractivity contribution in [1.29, 1.82) is 0 Å². The first-order valence-corrected chi connectivity index (χ1v) is 7.29. The Morgan fingerprint density at radius 1 is 1.38 bits per heavy atom. The molecular formula is C16H24N4O. The van der Waals surface area contributed by atoms with Crippen molar-refractivity contribution in [2.75, 3.05) is 27.2 Å². The number of hydrogen-bond acceptors (Lipinski definition) is 3. The van der Waals surface area contributed by atoms with Crippen LogP contribution in [-0.2, 0) is 7.05 Å². The van der Waals surface area contributed by atoms with Gasteiger partial charge in [-0.2, -0.15) is 0 Å². The number of nitrogens with zero attached hydrogens (tertiary/aromatic N) is 3. The summed E-state index contributed by atoms with van der Waals surface area (Å²) in [6.45, 7) is 5.71. The predicted octanol–water partition coefficient (Wildman–Crippen LogP) is 1.99. The topological polar surface area (TPSA) is 50.2 Å². The highest BCUT2D eigenvalue weighted by Gasteiger charge is 2.13. The number of carbonyl (C=O) groups is 1. The Morgan fingerprint density at radius 2 is 2.10 bits per heavy atom. The van der Waals surface area contributed by atoms with Gasteiger partial charge in [-0.15, -0.1) is 0 Å². The zero-order valence-corrected chi connectivity index (χ0v) is 13.5. The Balaban J connectivity index is 2.20. The monoisotopic (exact) mass is 288 g/mol. The molecule has 0 unspecified atom stereocenters. The molecule has 0 atom stereocenters. The van der Waals surface area contributed by atoms with Gasteiger partial charge in [-0.1, -0.05) is 13.8 Å². The SMILES string of the molecule is CC(C)c1nc2cc(C(=O)NCCN(C)C)ccc2n1C. The number of amides is 1. The highest BCUT2D eigenvalue weighted by atomic mass is 16.1. The molecule has 0 bridgehead atoms. The van der Waals surface area contributed by atoms with Crippen molar-refractivity contribution in [1.82, 2.24) is 19.8 Å². The van der Waals surface area contributed by atoms with Crippen LogP contribution in [0.2, 0.25) is 0 Å². The van der Waals surface area contributed by atoms with Crippen molar-refractivity contribution < 1.29 is 4.79 Å². The summed E-state index contributed by atoms with van der Waals surface area (Å²) < 4.78 is 2.09. The zero-order valence-electron chi connectivity index (χ0n) is 13.5. The minimum absolute atomic E-state index is 0.0458. The molecule has 1 aromatic carbocycles. The Morgan fingerprint density at radius 3 is 2.71 bits per heavy atom. The average Bonchev–Trinajstić information content (AvgIpc) is 2.75. The van der Waals surface area contributed by atoms with Crippen molar-refractivity contribution >= 4 is 16.9 Å². The van der Waals surface area contributed by atoms with Crippen LogP contribution < -0.4 is 5.32 Å². The van der Waals surface area contributed by atoms with Crippen molar-refractivity contribution in [3.63, 3.8) is 0 Å². The summed E-state index contributed by atoms with van der Waals surface area (Å²) in [7, 11) is 5.99. The molecule has 5 nitrogen and oxygen atoms in total. The number of aryl methyl sites for hydroxylation is 1. The number of carbonyl (C=O) groups excluding carboxylic acids is 1. The highest BCUT2D eigenvalue weighted by Crippen LogP contribution is 2.21. The molecule has 0 aliphatic rings. The molecule has 0 saturated heterocycles. The van der Waals surface area contributed by atoms with Gasteiger partial charge in [0.15, 0.2) is 0 Å². The molecule has 0 radical (unpaired) electrons. The van der Waals surface area contributed by atoms with E-state index < -0.39 is 0 Å².